The summed E-state index contributed by atoms with van der Waals surface area (Å²) in [5, 5.41) is 4.84. The Bertz CT molecular complexity index is 1040. The van der Waals surface area contributed by atoms with Gasteiger partial charge in [-0.25, -0.2) is 0 Å². The van der Waals surface area contributed by atoms with Crippen molar-refractivity contribution < 1.29 is 9.59 Å². The maximum Gasteiger partial charge on any atom is 0.258 e. The second kappa shape index (κ2) is 7.08. The normalized spacial score (nSPS) is 12.7. The van der Waals surface area contributed by atoms with E-state index in [1.165, 1.54) is 4.90 Å². The minimum absolute atomic E-state index is 0.0236. The zero-order chi connectivity index (χ0) is 19.0. The first-order valence-corrected chi connectivity index (χ1v) is 10.1. The molecule has 0 aromatic heterocycles. The first-order valence-electron chi connectivity index (χ1n) is 8.92. The lowest BCUT2D eigenvalue weighted by molar-refractivity contribution is -0.115. The van der Waals surface area contributed by atoms with Crippen molar-refractivity contribution in [3.05, 3.63) is 65.7 Å². The van der Waals surface area contributed by atoms with Crippen LogP contribution in [0.3, 0.4) is 0 Å². The van der Waals surface area contributed by atoms with Gasteiger partial charge >= 0.3 is 0 Å². The standard InChI is InChI=1S/C22H20N2O2S/c1-3-24-19-12-11-18(16-5-4-6-17(21(16)19)22(24)26)23-20(25)13-14-7-9-15(27-2)10-8-14/h4-12H,3,13H2,1-2H3,(H,23,25). The lowest BCUT2D eigenvalue weighted by atomic mass is 10.0. The highest BCUT2D eigenvalue weighted by Crippen LogP contribution is 2.40. The number of anilines is 2. The fraction of sp³-hybridized carbons (Fsp3) is 0.182. The Morgan fingerprint density at radius 1 is 1.07 bits per heavy atom. The van der Waals surface area contributed by atoms with Crippen LogP contribution in [0.25, 0.3) is 10.8 Å². The minimum atomic E-state index is -0.0655. The molecule has 2 amide bonds. The first kappa shape index (κ1) is 17.6. The van der Waals surface area contributed by atoms with Crippen LogP contribution in [-0.2, 0) is 11.2 Å². The molecular formula is C22H20N2O2S. The number of thioether (sulfide) groups is 1. The summed E-state index contributed by atoms with van der Waals surface area (Å²) in [6, 6.07) is 17.5. The van der Waals surface area contributed by atoms with Gasteiger partial charge in [-0.15, -0.1) is 11.8 Å². The van der Waals surface area contributed by atoms with Crippen LogP contribution >= 0.6 is 11.8 Å². The van der Waals surface area contributed by atoms with Crippen molar-refractivity contribution in [2.24, 2.45) is 0 Å². The van der Waals surface area contributed by atoms with Gasteiger partial charge in [-0.1, -0.05) is 24.3 Å². The van der Waals surface area contributed by atoms with E-state index in [4.69, 9.17) is 0 Å². The van der Waals surface area contributed by atoms with Crippen LogP contribution in [0.4, 0.5) is 11.4 Å². The topological polar surface area (TPSA) is 49.4 Å². The number of hydrogen-bond acceptors (Lipinski definition) is 3. The summed E-state index contributed by atoms with van der Waals surface area (Å²) in [4.78, 5) is 28.1. The molecule has 0 fully saturated rings. The van der Waals surface area contributed by atoms with E-state index in [0.717, 1.165) is 27.7 Å². The maximum atomic E-state index is 12.6. The average Bonchev–Trinajstić information content (AvgIpc) is 2.97. The highest BCUT2D eigenvalue weighted by Gasteiger charge is 2.29. The van der Waals surface area contributed by atoms with E-state index in [9.17, 15) is 9.59 Å². The van der Waals surface area contributed by atoms with Gasteiger partial charge in [-0.05, 0) is 49.1 Å². The number of carbonyl (C=O) groups is 2. The number of nitrogens with one attached hydrogen (secondary N) is 1. The minimum Gasteiger partial charge on any atom is -0.325 e. The van der Waals surface area contributed by atoms with Gasteiger partial charge in [0.05, 0.1) is 12.1 Å². The summed E-state index contributed by atoms with van der Waals surface area (Å²) >= 11 is 1.68. The van der Waals surface area contributed by atoms with Crippen molar-refractivity contribution in [2.45, 2.75) is 18.2 Å². The Morgan fingerprint density at radius 2 is 1.85 bits per heavy atom. The number of hydrogen-bond donors (Lipinski definition) is 1. The van der Waals surface area contributed by atoms with E-state index in [2.05, 4.69) is 5.32 Å². The Kier molecular flexibility index (Phi) is 4.62. The van der Waals surface area contributed by atoms with Crippen LogP contribution in [0, 0.1) is 0 Å². The summed E-state index contributed by atoms with van der Waals surface area (Å²) < 4.78 is 0. The maximum absolute atomic E-state index is 12.6. The lowest BCUT2D eigenvalue weighted by Gasteiger charge is -2.15. The Labute approximate surface area is 162 Å². The second-order valence-electron chi connectivity index (χ2n) is 6.48. The molecule has 136 valence electrons. The fourth-order valence-electron chi connectivity index (χ4n) is 3.59. The molecule has 27 heavy (non-hydrogen) atoms. The molecule has 0 aliphatic carbocycles. The molecule has 3 aromatic carbocycles. The third kappa shape index (κ3) is 3.08. The molecule has 3 aromatic rings. The first-order chi connectivity index (χ1) is 13.1. The quantitative estimate of drug-likeness (QED) is 0.655. The molecule has 1 aliphatic heterocycles. The lowest BCUT2D eigenvalue weighted by Crippen LogP contribution is -2.25. The molecule has 0 radical (unpaired) electrons. The molecule has 0 saturated carbocycles. The van der Waals surface area contributed by atoms with E-state index in [-0.39, 0.29) is 11.8 Å². The van der Waals surface area contributed by atoms with Crippen LogP contribution in [0.1, 0.15) is 22.8 Å². The largest absolute Gasteiger partial charge is 0.325 e. The molecule has 0 unspecified atom stereocenters. The molecule has 4 nitrogen and oxygen atoms in total. The highest BCUT2D eigenvalue weighted by molar-refractivity contribution is 7.98. The van der Waals surface area contributed by atoms with Crippen LogP contribution in [0.2, 0.25) is 0 Å². The van der Waals surface area contributed by atoms with E-state index in [0.29, 0.717) is 18.5 Å². The molecule has 1 heterocycles. The van der Waals surface area contributed by atoms with Crippen molar-refractivity contribution in [2.75, 3.05) is 23.0 Å². The van der Waals surface area contributed by atoms with Gasteiger partial charge in [0.2, 0.25) is 5.91 Å². The molecule has 4 rings (SSSR count). The summed E-state index contributed by atoms with van der Waals surface area (Å²) in [5.41, 5.74) is 3.34. The summed E-state index contributed by atoms with van der Waals surface area (Å²) in [6.45, 7) is 2.59. The molecule has 5 heteroatoms. The molecule has 0 bridgehead atoms. The monoisotopic (exact) mass is 376 g/mol. The van der Waals surface area contributed by atoms with Crippen molar-refractivity contribution in [1.82, 2.24) is 0 Å². The Balaban J connectivity index is 1.62. The number of carbonyl (C=O) groups excluding carboxylic acids is 2. The predicted molar refractivity (Wildman–Crippen MR) is 112 cm³/mol. The predicted octanol–water partition coefficient (Wildman–Crippen LogP) is 4.72. The third-order valence-electron chi connectivity index (χ3n) is 4.90. The molecule has 0 spiro atoms. The third-order valence-corrected chi connectivity index (χ3v) is 5.64. The van der Waals surface area contributed by atoms with Gasteiger partial charge in [0.15, 0.2) is 0 Å². The van der Waals surface area contributed by atoms with Crippen molar-refractivity contribution >= 4 is 45.7 Å². The average molecular weight is 376 g/mol. The smallest absolute Gasteiger partial charge is 0.258 e. The number of nitrogens with zero attached hydrogens (tertiary/aromatic N) is 1. The van der Waals surface area contributed by atoms with Crippen molar-refractivity contribution in [3.63, 3.8) is 0 Å². The van der Waals surface area contributed by atoms with Gasteiger partial charge in [0.25, 0.3) is 5.91 Å². The van der Waals surface area contributed by atoms with Gasteiger partial charge in [0, 0.05) is 33.5 Å². The number of rotatable bonds is 5. The summed E-state index contributed by atoms with van der Waals surface area (Å²) in [6.07, 6.45) is 2.35. The SMILES string of the molecule is CCN1C(=O)c2cccc3c(NC(=O)Cc4ccc(SC)cc4)ccc1c23. The van der Waals surface area contributed by atoms with E-state index in [1.54, 1.807) is 16.7 Å². The highest BCUT2D eigenvalue weighted by atomic mass is 32.2. The van der Waals surface area contributed by atoms with Crippen LogP contribution < -0.4 is 10.2 Å². The van der Waals surface area contributed by atoms with Crippen LogP contribution in [0.5, 0.6) is 0 Å². The van der Waals surface area contributed by atoms with Gasteiger partial charge < -0.3 is 10.2 Å². The van der Waals surface area contributed by atoms with Crippen LogP contribution in [0.15, 0.2) is 59.5 Å². The van der Waals surface area contributed by atoms with E-state index < -0.39 is 0 Å². The molecular weight excluding hydrogens is 356 g/mol. The number of benzene rings is 3. The van der Waals surface area contributed by atoms with Gasteiger partial charge in [-0.2, -0.15) is 0 Å². The molecule has 0 saturated heterocycles. The van der Waals surface area contributed by atoms with Gasteiger partial charge in [0.1, 0.15) is 0 Å². The fourth-order valence-corrected chi connectivity index (χ4v) is 4.00. The number of amides is 2. The van der Waals surface area contributed by atoms with Gasteiger partial charge in [-0.3, -0.25) is 9.59 Å². The Morgan fingerprint density at radius 3 is 2.56 bits per heavy atom. The zero-order valence-electron chi connectivity index (χ0n) is 15.3. The second-order valence-corrected chi connectivity index (χ2v) is 7.36. The molecule has 1 aliphatic rings. The van der Waals surface area contributed by atoms with Crippen molar-refractivity contribution in [1.29, 1.82) is 0 Å². The molecule has 1 N–H and O–H groups in total. The molecule has 0 atom stereocenters. The van der Waals surface area contributed by atoms with Crippen molar-refractivity contribution in [3.8, 4) is 0 Å². The summed E-state index contributed by atoms with van der Waals surface area (Å²) in [5.74, 6) is -0.0419. The van der Waals surface area contributed by atoms with Crippen LogP contribution in [-0.4, -0.2) is 24.6 Å². The van der Waals surface area contributed by atoms with E-state index >= 15 is 0 Å². The Hall–Kier alpha value is -2.79. The van der Waals surface area contributed by atoms with E-state index in [1.807, 2.05) is 67.8 Å². The zero-order valence-corrected chi connectivity index (χ0v) is 16.1. The summed E-state index contributed by atoms with van der Waals surface area (Å²) in [7, 11) is 0.